The molecule has 1 saturated heterocycles. The molecule has 2 rings (SSSR count). The third-order valence-electron chi connectivity index (χ3n) is 3.86. The van der Waals surface area contributed by atoms with Crippen molar-refractivity contribution in [2.24, 2.45) is 0 Å². The van der Waals surface area contributed by atoms with Gasteiger partial charge in [0, 0.05) is 19.2 Å². The quantitative estimate of drug-likeness (QED) is 0.630. The number of hydrogen-bond donors (Lipinski definition) is 0. The van der Waals surface area contributed by atoms with Crippen molar-refractivity contribution >= 4 is 11.6 Å². The van der Waals surface area contributed by atoms with Crippen LogP contribution in [0.5, 0.6) is 5.75 Å². The molecular formula is C16H22N2O5. The maximum Gasteiger partial charge on any atom is 0.312 e. The van der Waals surface area contributed by atoms with Crippen LogP contribution in [0.1, 0.15) is 36.7 Å². The maximum atomic E-state index is 12.8. The summed E-state index contributed by atoms with van der Waals surface area (Å²) in [6.45, 7) is 7.71. The molecule has 0 unspecified atom stereocenters. The molecule has 7 heteroatoms. The molecule has 1 fully saturated rings. The summed E-state index contributed by atoms with van der Waals surface area (Å²) in [7, 11) is 1.34. The molecule has 0 aliphatic carbocycles. The number of ether oxygens (including phenoxy) is 2. The SMILES string of the molecule is COc1c(C(=O)N2CCOCC2)cc(C(C)(C)C)cc1[N+](=O)[O-]. The number of methoxy groups -OCH3 is 1. The van der Waals surface area contributed by atoms with E-state index in [1.54, 1.807) is 11.0 Å². The fourth-order valence-corrected chi connectivity index (χ4v) is 2.49. The lowest BCUT2D eigenvalue weighted by Crippen LogP contribution is -2.41. The molecule has 1 amide bonds. The third kappa shape index (κ3) is 3.61. The normalized spacial score (nSPS) is 15.4. The van der Waals surface area contributed by atoms with Gasteiger partial charge in [0.15, 0.2) is 0 Å². The highest BCUT2D eigenvalue weighted by molar-refractivity contribution is 5.98. The average molecular weight is 322 g/mol. The topological polar surface area (TPSA) is 81.9 Å². The van der Waals surface area contributed by atoms with Gasteiger partial charge in [0.2, 0.25) is 5.75 Å². The fraction of sp³-hybridized carbons (Fsp3) is 0.562. The number of carbonyl (C=O) groups excluding carboxylic acids is 1. The van der Waals surface area contributed by atoms with Crippen molar-refractivity contribution in [2.45, 2.75) is 26.2 Å². The molecule has 1 heterocycles. The minimum absolute atomic E-state index is 0.0134. The van der Waals surface area contributed by atoms with E-state index in [-0.39, 0.29) is 28.3 Å². The number of nitro groups is 1. The lowest BCUT2D eigenvalue weighted by molar-refractivity contribution is -0.385. The zero-order valence-electron chi connectivity index (χ0n) is 13.9. The van der Waals surface area contributed by atoms with E-state index >= 15 is 0 Å². The van der Waals surface area contributed by atoms with E-state index in [9.17, 15) is 14.9 Å². The van der Waals surface area contributed by atoms with E-state index in [4.69, 9.17) is 9.47 Å². The van der Waals surface area contributed by atoms with Crippen LogP contribution in [0.15, 0.2) is 12.1 Å². The molecule has 23 heavy (non-hydrogen) atoms. The van der Waals surface area contributed by atoms with Crippen molar-refractivity contribution < 1.29 is 19.2 Å². The number of nitro benzene ring substituents is 1. The van der Waals surface area contributed by atoms with Gasteiger partial charge in [0.1, 0.15) is 0 Å². The molecule has 0 saturated carbocycles. The van der Waals surface area contributed by atoms with Crippen molar-refractivity contribution in [3.63, 3.8) is 0 Å². The Kier molecular flexibility index (Phi) is 4.89. The average Bonchev–Trinajstić information content (AvgIpc) is 2.52. The first-order valence-corrected chi connectivity index (χ1v) is 7.49. The highest BCUT2D eigenvalue weighted by atomic mass is 16.6. The summed E-state index contributed by atoms with van der Waals surface area (Å²) in [6.07, 6.45) is 0. The van der Waals surface area contributed by atoms with Crippen LogP contribution in [-0.2, 0) is 10.2 Å². The maximum absolute atomic E-state index is 12.8. The summed E-state index contributed by atoms with van der Waals surface area (Å²) in [5.74, 6) is -0.251. The minimum Gasteiger partial charge on any atom is -0.490 e. The van der Waals surface area contributed by atoms with Crippen molar-refractivity contribution in [2.75, 3.05) is 33.4 Å². The number of morpholine rings is 1. The Morgan fingerprint density at radius 3 is 2.39 bits per heavy atom. The van der Waals surface area contributed by atoms with E-state index in [2.05, 4.69) is 0 Å². The minimum atomic E-state index is -0.510. The summed E-state index contributed by atoms with van der Waals surface area (Å²) in [5.41, 5.74) is 0.448. The van der Waals surface area contributed by atoms with E-state index in [0.717, 1.165) is 5.56 Å². The lowest BCUT2D eigenvalue weighted by Gasteiger charge is -2.28. The van der Waals surface area contributed by atoms with Crippen molar-refractivity contribution in [3.8, 4) is 5.75 Å². The van der Waals surface area contributed by atoms with Crippen LogP contribution in [0.25, 0.3) is 0 Å². The second-order valence-corrected chi connectivity index (χ2v) is 6.49. The first-order valence-electron chi connectivity index (χ1n) is 7.49. The summed E-state index contributed by atoms with van der Waals surface area (Å²) < 4.78 is 10.4. The van der Waals surface area contributed by atoms with Gasteiger partial charge < -0.3 is 14.4 Å². The zero-order valence-corrected chi connectivity index (χ0v) is 13.9. The second-order valence-electron chi connectivity index (χ2n) is 6.49. The molecule has 1 aromatic carbocycles. The number of benzene rings is 1. The number of carbonyl (C=O) groups is 1. The predicted octanol–water partition coefficient (Wildman–Crippen LogP) is 2.37. The number of hydrogen-bond acceptors (Lipinski definition) is 5. The predicted molar refractivity (Wildman–Crippen MR) is 85.1 cm³/mol. The third-order valence-corrected chi connectivity index (χ3v) is 3.86. The van der Waals surface area contributed by atoms with Gasteiger partial charge in [-0.25, -0.2) is 0 Å². The van der Waals surface area contributed by atoms with E-state index in [0.29, 0.717) is 26.3 Å². The van der Waals surface area contributed by atoms with Gasteiger partial charge in [-0.3, -0.25) is 14.9 Å². The fourth-order valence-electron chi connectivity index (χ4n) is 2.49. The highest BCUT2D eigenvalue weighted by Gasteiger charge is 2.30. The van der Waals surface area contributed by atoms with Gasteiger partial charge in [-0.15, -0.1) is 0 Å². The van der Waals surface area contributed by atoms with Gasteiger partial charge in [0.05, 0.1) is 30.8 Å². The van der Waals surface area contributed by atoms with Gasteiger partial charge in [-0.2, -0.15) is 0 Å². The molecular weight excluding hydrogens is 300 g/mol. The Morgan fingerprint density at radius 1 is 1.30 bits per heavy atom. The van der Waals surface area contributed by atoms with Gasteiger partial charge in [-0.05, 0) is 17.0 Å². The molecule has 0 radical (unpaired) electrons. The molecule has 1 aliphatic rings. The molecule has 1 aliphatic heterocycles. The van der Waals surface area contributed by atoms with Crippen LogP contribution in [0.2, 0.25) is 0 Å². The molecule has 0 spiro atoms. The van der Waals surface area contributed by atoms with Crippen LogP contribution in [0, 0.1) is 10.1 Å². The zero-order chi connectivity index (χ0) is 17.2. The Bertz CT molecular complexity index is 616. The summed E-state index contributed by atoms with van der Waals surface area (Å²) >= 11 is 0. The molecule has 0 aromatic heterocycles. The molecule has 126 valence electrons. The van der Waals surface area contributed by atoms with Crippen LogP contribution in [-0.4, -0.2) is 49.1 Å². The largest absolute Gasteiger partial charge is 0.490 e. The molecule has 1 aromatic rings. The molecule has 0 bridgehead atoms. The van der Waals surface area contributed by atoms with E-state index in [1.165, 1.54) is 13.2 Å². The highest BCUT2D eigenvalue weighted by Crippen LogP contribution is 2.37. The Labute approximate surface area is 135 Å². The standard InChI is InChI=1S/C16H22N2O5/c1-16(2,3)11-9-12(14(22-4)13(10-11)18(20)21)15(19)17-5-7-23-8-6-17/h9-10H,5-8H2,1-4H3. The van der Waals surface area contributed by atoms with E-state index < -0.39 is 4.92 Å². The second kappa shape index (κ2) is 6.54. The van der Waals surface area contributed by atoms with Gasteiger partial charge in [0.25, 0.3) is 5.91 Å². The van der Waals surface area contributed by atoms with Crippen molar-refractivity contribution in [1.29, 1.82) is 0 Å². The molecule has 0 atom stereocenters. The lowest BCUT2D eigenvalue weighted by atomic mass is 9.85. The van der Waals surface area contributed by atoms with Gasteiger partial charge >= 0.3 is 5.69 Å². The van der Waals surface area contributed by atoms with Crippen LogP contribution in [0.4, 0.5) is 5.69 Å². The monoisotopic (exact) mass is 322 g/mol. The Balaban J connectivity index is 2.57. The van der Waals surface area contributed by atoms with Crippen molar-refractivity contribution in [1.82, 2.24) is 4.90 Å². The number of amides is 1. The van der Waals surface area contributed by atoms with E-state index in [1.807, 2.05) is 20.8 Å². The van der Waals surface area contributed by atoms with Crippen LogP contribution < -0.4 is 4.74 Å². The first-order chi connectivity index (χ1) is 10.8. The molecule has 0 N–H and O–H groups in total. The van der Waals surface area contributed by atoms with Gasteiger partial charge in [-0.1, -0.05) is 20.8 Å². The first kappa shape index (κ1) is 17.2. The van der Waals surface area contributed by atoms with Crippen molar-refractivity contribution in [3.05, 3.63) is 33.4 Å². The summed E-state index contributed by atoms with van der Waals surface area (Å²) in [5, 5.41) is 11.4. The van der Waals surface area contributed by atoms with Crippen LogP contribution >= 0.6 is 0 Å². The number of rotatable bonds is 3. The summed E-state index contributed by atoms with van der Waals surface area (Å²) in [6, 6.07) is 3.18. The Morgan fingerprint density at radius 2 is 1.91 bits per heavy atom. The number of nitrogens with zero attached hydrogens (tertiary/aromatic N) is 2. The Hall–Kier alpha value is -2.15. The summed E-state index contributed by atoms with van der Waals surface area (Å²) in [4.78, 5) is 25.3. The molecule has 7 nitrogen and oxygen atoms in total. The van der Waals surface area contributed by atoms with Crippen LogP contribution in [0.3, 0.4) is 0 Å². The smallest absolute Gasteiger partial charge is 0.312 e.